The van der Waals surface area contributed by atoms with Gasteiger partial charge in [-0.3, -0.25) is 9.78 Å². The summed E-state index contributed by atoms with van der Waals surface area (Å²) < 4.78 is 39.7. The van der Waals surface area contributed by atoms with Gasteiger partial charge in [0, 0.05) is 6.20 Å². The molecule has 0 spiro atoms. The number of benzene rings is 1. The molecule has 1 amide bonds. The molecule has 26 heavy (non-hydrogen) atoms. The number of carbonyl (C=O) groups excluding carboxylic acids is 1. The maximum Gasteiger partial charge on any atom is 0.271 e. The fraction of sp³-hybridized carbons (Fsp3) is 0.0588. The molecule has 0 unspecified atom stereocenters. The molecule has 3 aromatic rings. The molecule has 0 fully saturated rings. The lowest BCUT2D eigenvalue weighted by Crippen LogP contribution is -2.24. The molecule has 2 aromatic heterocycles. The molecule has 0 aliphatic carbocycles. The number of carbonyl (C=O) groups is 1. The van der Waals surface area contributed by atoms with Crippen molar-refractivity contribution in [1.82, 2.24) is 20.3 Å². The number of nitrogens with one attached hydrogen (secondary N) is 2. The first kappa shape index (κ1) is 17.3. The first-order valence-electron chi connectivity index (χ1n) is 7.45. The van der Waals surface area contributed by atoms with E-state index in [1.165, 1.54) is 12.4 Å². The summed E-state index contributed by atoms with van der Waals surface area (Å²) in [7, 11) is 0. The highest BCUT2D eigenvalue weighted by atomic mass is 19.2. The second-order valence-electron chi connectivity index (χ2n) is 5.14. The van der Waals surface area contributed by atoms with Gasteiger partial charge in [-0.2, -0.15) is 0 Å². The molecule has 0 aliphatic rings. The van der Waals surface area contributed by atoms with Crippen molar-refractivity contribution < 1.29 is 18.0 Å². The molecule has 0 aliphatic heterocycles. The second-order valence-corrected chi connectivity index (χ2v) is 5.14. The van der Waals surface area contributed by atoms with E-state index in [0.717, 1.165) is 12.1 Å². The largest absolute Gasteiger partial charge is 0.345 e. The van der Waals surface area contributed by atoms with Gasteiger partial charge in [-0.15, -0.1) is 0 Å². The Kier molecular flexibility index (Phi) is 5.07. The minimum absolute atomic E-state index is 0.0391. The van der Waals surface area contributed by atoms with Gasteiger partial charge >= 0.3 is 0 Å². The van der Waals surface area contributed by atoms with Crippen LogP contribution in [0.25, 0.3) is 0 Å². The summed E-state index contributed by atoms with van der Waals surface area (Å²) in [5.41, 5.74) is 0.420. The minimum Gasteiger partial charge on any atom is -0.345 e. The zero-order chi connectivity index (χ0) is 18.5. The van der Waals surface area contributed by atoms with Crippen molar-refractivity contribution >= 4 is 17.4 Å². The van der Waals surface area contributed by atoms with Crippen LogP contribution < -0.4 is 10.6 Å². The number of anilines is 2. The van der Waals surface area contributed by atoms with E-state index < -0.39 is 23.4 Å². The highest BCUT2D eigenvalue weighted by Gasteiger charge is 2.14. The lowest BCUT2D eigenvalue weighted by Gasteiger charge is -2.08. The summed E-state index contributed by atoms with van der Waals surface area (Å²) in [6.07, 6.45) is 3.96. The lowest BCUT2D eigenvalue weighted by molar-refractivity contribution is 0.0945. The monoisotopic (exact) mass is 359 g/mol. The van der Waals surface area contributed by atoms with Crippen LogP contribution in [0.3, 0.4) is 0 Å². The van der Waals surface area contributed by atoms with E-state index in [1.807, 2.05) is 0 Å². The Hall–Kier alpha value is -3.49. The molecule has 0 radical (unpaired) electrons. The quantitative estimate of drug-likeness (QED) is 0.685. The topological polar surface area (TPSA) is 79.8 Å². The van der Waals surface area contributed by atoms with Gasteiger partial charge in [-0.05, 0) is 24.3 Å². The zero-order valence-electron chi connectivity index (χ0n) is 13.2. The lowest BCUT2D eigenvalue weighted by atomic mass is 10.3. The Labute approximate surface area is 146 Å². The summed E-state index contributed by atoms with van der Waals surface area (Å²) >= 11 is 0. The third kappa shape index (κ3) is 3.94. The van der Waals surface area contributed by atoms with Crippen LogP contribution in [0, 0.1) is 17.5 Å². The third-order valence-corrected chi connectivity index (χ3v) is 3.34. The van der Waals surface area contributed by atoms with Crippen molar-refractivity contribution in [2.45, 2.75) is 6.54 Å². The number of hydrogen-bond donors (Lipinski definition) is 2. The normalized spacial score (nSPS) is 10.4. The van der Waals surface area contributed by atoms with E-state index >= 15 is 0 Å². The summed E-state index contributed by atoms with van der Waals surface area (Å²) in [4.78, 5) is 23.9. The molecule has 0 atom stereocenters. The first-order valence-corrected chi connectivity index (χ1v) is 7.45. The Morgan fingerprint density at radius 2 is 1.81 bits per heavy atom. The summed E-state index contributed by atoms with van der Waals surface area (Å²) in [6.45, 7) is 0.224. The zero-order valence-corrected chi connectivity index (χ0v) is 13.2. The van der Waals surface area contributed by atoms with Crippen LogP contribution in [0.5, 0.6) is 0 Å². The molecule has 2 heterocycles. The van der Waals surface area contributed by atoms with Gasteiger partial charge in [-0.25, -0.2) is 23.1 Å². The standard InChI is InChI=1S/C17H12F3N5O/c18-11-4-5-12(16(20)15(11)19)25-14-9-22-13(8-23-14)17(26)24-7-10-3-1-2-6-21-10/h1-6,8-9H,7H2,(H,23,25)(H,24,26). The van der Waals surface area contributed by atoms with Gasteiger partial charge in [-0.1, -0.05) is 6.07 Å². The second kappa shape index (κ2) is 7.60. The number of nitrogens with zero attached hydrogens (tertiary/aromatic N) is 3. The van der Waals surface area contributed by atoms with Crippen LogP contribution in [-0.2, 0) is 6.54 Å². The Bertz CT molecular complexity index is 920. The van der Waals surface area contributed by atoms with Gasteiger partial charge in [0.1, 0.15) is 11.5 Å². The van der Waals surface area contributed by atoms with Gasteiger partial charge in [0.05, 0.1) is 30.3 Å². The molecular formula is C17H12F3N5O. The minimum atomic E-state index is -1.59. The summed E-state index contributed by atoms with van der Waals surface area (Å²) in [5.74, 6) is -4.65. The van der Waals surface area contributed by atoms with Crippen molar-refractivity contribution in [3.8, 4) is 0 Å². The average molecular weight is 359 g/mol. The fourth-order valence-corrected chi connectivity index (χ4v) is 2.03. The average Bonchev–Trinajstić information content (AvgIpc) is 2.68. The maximum absolute atomic E-state index is 13.6. The molecule has 6 nitrogen and oxygen atoms in total. The Balaban J connectivity index is 1.65. The van der Waals surface area contributed by atoms with Crippen LogP contribution in [0.1, 0.15) is 16.2 Å². The number of halogens is 3. The number of rotatable bonds is 5. The van der Waals surface area contributed by atoms with Crippen LogP contribution in [0.15, 0.2) is 48.9 Å². The SMILES string of the molecule is O=C(NCc1ccccn1)c1cnc(Nc2ccc(F)c(F)c2F)cn1. The van der Waals surface area contributed by atoms with E-state index in [4.69, 9.17) is 0 Å². The van der Waals surface area contributed by atoms with E-state index in [1.54, 1.807) is 24.4 Å². The molecule has 132 valence electrons. The maximum atomic E-state index is 13.6. The van der Waals surface area contributed by atoms with E-state index in [9.17, 15) is 18.0 Å². The third-order valence-electron chi connectivity index (χ3n) is 3.34. The van der Waals surface area contributed by atoms with Gasteiger partial charge < -0.3 is 10.6 Å². The van der Waals surface area contributed by atoms with E-state index in [2.05, 4.69) is 25.6 Å². The van der Waals surface area contributed by atoms with Crippen LogP contribution in [0.2, 0.25) is 0 Å². The molecule has 0 saturated carbocycles. The number of amides is 1. The first-order chi connectivity index (χ1) is 12.5. The molecule has 3 rings (SSSR count). The van der Waals surface area contributed by atoms with Crippen molar-refractivity contribution in [2.75, 3.05) is 5.32 Å². The highest BCUT2D eigenvalue weighted by molar-refractivity contribution is 5.91. The predicted octanol–water partition coefficient (Wildman–Crippen LogP) is 2.96. The van der Waals surface area contributed by atoms with Gasteiger partial charge in [0.15, 0.2) is 17.5 Å². The predicted molar refractivity (Wildman–Crippen MR) is 87.0 cm³/mol. The van der Waals surface area contributed by atoms with Crippen molar-refractivity contribution in [3.05, 3.63) is 77.8 Å². The smallest absolute Gasteiger partial charge is 0.271 e. The molecule has 2 N–H and O–H groups in total. The number of aromatic nitrogens is 3. The van der Waals surface area contributed by atoms with Crippen molar-refractivity contribution in [1.29, 1.82) is 0 Å². The van der Waals surface area contributed by atoms with Crippen LogP contribution in [0.4, 0.5) is 24.7 Å². The molecule has 0 saturated heterocycles. The van der Waals surface area contributed by atoms with Crippen LogP contribution in [-0.4, -0.2) is 20.9 Å². The Morgan fingerprint density at radius 1 is 0.962 bits per heavy atom. The fourth-order valence-electron chi connectivity index (χ4n) is 2.03. The molecular weight excluding hydrogens is 347 g/mol. The van der Waals surface area contributed by atoms with Gasteiger partial charge in [0.25, 0.3) is 5.91 Å². The number of hydrogen-bond acceptors (Lipinski definition) is 5. The Morgan fingerprint density at radius 3 is 2.50 bits per heavy atom. The van der Waals surface area contributed by atoms with Crippen LogP contribution >= 0.6 is 0 Å². The van der Waals surface area contributed by atoms with E-state index in [-0.39, 0.29) is 23.7 Å². The summed E-state index contributed by atoms with van der Waals surface area (Å²) in [6, 6.07) is 7.14. The molecule has 0 bridgehead atoms. The number of pyridine rings is 1. The molecule has 9 heteroatoms. The van der Waals surface area contributed by atoms with Crippen molar-refractivity contribution in [3.63, 3.8) is 0 Å². The highest BCUT2D eigenvalue weighted by Crippen LogP contribution is 2.22. The summed E-state index contributed by atoms with van der Waals surface area (Å²) in [5, 5.41) is 5.10. The van der Waals surface area contributed by atoms with Gasteiger partial charge in [0.2, 0.25) is 0 Å². The van der Waals surface area contributed by atoms with Crippen molar-refractivity contribution in [2.24, 2.45) is 0 Å². The van der Waals surface area contributed by atoms with E-state index in [0.29, 0.717) is 5.69 Å². The molecule has 1 aromatic carbocycles.